The number of rotatable bonds is 8. The Morgan fingerprint density at radius 2 is 0.783 bits per heavy atom. The van der Waals surface area contributed by atoms with Crippen LogP contribution in [0, 0.1) is 0 Å². The Morgan fingerprint density at radius 3 is 1.58 bits per heavy atom. The van der Waals surface area contributed by atoms with Gasteiger partial charge in [-0.1, -0.05) is 188 Å². The predicted molar refractivity (Wildman–Crippen MR) is 253 cm³/mol. The third kappa shape index (κ3) is 6.41. The number of hydrogen-bond acceptors (Lipinski definition) is 2. The Labute approximate surface area is 349 Å². The van der Waals surface area contributed by atoms with Crippen molar-refractivity contribution in [3.05, 3.63) is 237 Å². The van der Waals surface area contributed by atoms with Crippen LogP contribution in [0.3, 0.4) is 0 Å². The molecular formula is C58H39NO. The predicted octanol–water partition coefficient (Wildman–Crippen LogP) is 16.5. The second-order valence-electron chi connectivity index (χ2n) is 15.3. The van der Waals surface area contributed by atoms with E-state index >= 15 is 0 Å². The molecular weight excluding hydrogens is 727 g/mol. The summed E-state index contributed by atoms with van der Waals surface area (Å²) in [6, 6.07) is 84.9. The Morgan fingerprint density at radius 1 is 0.267 bits per heavy atom. The molecule has 0 aliphatic heterocycles. The molecule has 0 bridgehead atoms. The summed E-state index contributed by atoms with van der Waals surface area (Å²) in [6.45, 7) is 0. The van der Waals surface area contributed by atoms with E-state index in [0.717, 1.165) is 55.7 Å². The minimum atomic E-state index is 0.879. The summed E-state index contributed by atoms with van der Waals surface area (Å²) in [5, 5.41) is 4.73. The zero-order valence-corrected chi connectivity index (χ0v) is 32.9. The lowest BCUT2D eigenvalue weighted by atomic mass is 9.91. The first-order valence-electron chi connectivity index (χ1n) is 20.5. The molecule has 0 aliphatic carbocycles. The van der Waals surface area contributed by atoms with Gasteiger partial charge in [0.05, 0.1) is 5.69 Å². The highest BCUT2D eigenvalue weighted by atomic mass is 16.3. The van der Waals surface area contributed by atoms with Crippen LogP contribution in [-0.4, -0.2) is 0 Å². The lowest BCUT2D eigenvalue weighted by Gasteiger charge is -2.28. The highest BCUT2D eigenvalue weighted by Crippen LogP contribution is 2.44. The van der Waals surface area contributed by atoms with Gasteiger partial charge in [-0.25, -0.2) is 0 Å². The fourth-order valence-corrected chi connectivity index (χ4v) is 8.76. The van der Waals surface area contributed by atoms with Crippen LogP contribution < -0.4 is 4.90 Å². The third-order valence-corrected chi connectivity index (χ3v) is 11.7. The van der Waals surface area contributed by atoms with Gasteiger partial charge in [0.25, 0.3) is 0 Å². The van der Waals surface area contributed by atoms with Crippen molar-refractivity contribution >= 4 is 49.8 Å². The van der Waals surface area contributed by atoms with Crippen molar-refractivity contribution in [3.63, 3.8) is 0 Å². The van der Waals surface area contributed by atoms with E-state index in [2.05, 4.69) is 229 Å². The highest BCUT2D eigenvalue weighted by molar-refractivity contribution is 6.06. The summed E-state index contributed by atoms with van der Waals surface area (Å²) in [7, 11) is 0. The van der Waals surface area contributed by atoms with Crippen molar-refractivity contribution in [1.29, 1.82) is 0 Å². The molecule has 282 valence electrons. The Kier molecular flexibility index (Phi) is 8.87. The molecule has 0 aliphatic rings. The number of nitrogens with zero attached hydrogens (tertiary/aromatic N) is 1. The molecule has 0 amide bonds. The van der Waals surface area contributed by atoms with E-state index in [1.807, 2.05) is 12.1 Å². The summed E-state index contributed by atoms with van der Waals surface area (Å²) in [5.41, 5.74) is 16.7. The van der Waals surface area contributed by atoms with Crippen LogP contribution in [0.1, 0.15) is 0 Å². The van der Waals surface area contributed by atoms with Crippen LogP contribution in [0.25, 0.3) is 88.3 Å². The molecule has 11 rings (SSSR count). The monoisotopic (exact) mass is 765 g/mol. The van der Waals surface area contributed by atoms with E-state index < -0.39 is 0 Å². The molecule has 0 saturated heterocycles. The molecule has 10 aromatic carbocycles. The average molecular weight is 766 g/mol. The van der Waals surface area contributed by atoms with Crippen LogP contribution in [0.4, 0.5) is 17.1 Å². The second-order valence-corrected chi connectivity index (χ2v) is 15.3. The van der Waals surface area contributed by atoms with Gasteiger partial charge in [0.2, 0.25) is 0 Å². The molecule has 0 saturated carbocycles. The molecule has 0 N–H and O–H groups in total. The van der Waals surface area contributed by atoms with Gasteiger partial charge in [0, 0.05) is 27.7 Å². The first-order chi connectivity index (χ1) is 29.7. The van der Waals surface area contributed by atoms with E-state index in [4.69, 9.17) is 4.42 Å². The van der Waals surface area contributed by atoms with Crippen molar-refractivity contribution in [1.82, 2.24) is 0 Å². The molecule has 60 heavy (non-hydrogen) atoms. The fourth-order valence-electron chi connectivity index (χ4n) is 8.76. The zero-order chi connectivity index (χ0) is 39.8. The van der Waals surface area contributed by atoms with Gasteiger partial charge in [-0.2, -0.15) is 0 Å². The summed E-state index contributed by atoms with van der Waals surface area (Å²) in [6.07, 6.45) is 0. The number of benzene rings is 10. The van der Waals surface area contributed by atoms with E-state index in [1.165, 1.54) is 49.7 Å². The smallest absolute Gasteiger partial charge is 0.136 e. The van der Waals surface area contributed by atoms with Gasteiger partial charge in [-0.15, -0.1) is 0 Å². The normalized spacial score (nSPS) is 11.3. The standard InChI is InChI=1S/C58H39NO/c1-2-14-40(15-3-1)41-28-30-42(31-29-41)43-32-35-47(36-33-43)59(56-26-10-8-22-51(56)46-34-37-55-54-24-9-11-27-57(54)60-58(55)39-46)48-19-12-18-45(38-48)50-21-6-7-23-52(50)53-25-13-17-44-16-4-5-20-49(44)53/h1-39H. The van der Waals surface area contributed by atoms with Crippen molar-refractivity contribution < 1.29 is 4.42 Å². The highest BCUT2D eigenvalue weighted by Gasteiger charge is 2.20. The Hall–Kier alpha value is -7.94. The molecule has 0 radical (unpaired) electrons. The lowest BCUT2D eigenvalue weighted by Crippen LogP contribution is -2.11. The largest absolute Gasteiger partial charge is 0.456 e. The van der Waals surface area contributed by atoms with Crippen molar-refractivity contribution in [2.45, 2.75) is 0 Å². The van der Waals surface area contributed by atoms with Crippen LogP contribution >= 0.6 is 0 Å². The number of fused-ring (bicyclic) bond motifs is 4. The van der Waals surface area contributed by atoms with Gasteiger partial charge in [-0.3, -0.25) is 0 Å². The molecule has 1 aromatic heterocycles. The molecule has 0 atom stereocenters. The van der Waals surface area contributed by atoms with Crippen LogP contribution in [0.2, 0.25) is 0 Å². The topological polar surface area (TPSA) is 16.4 Å². The molecule has 2 heteroatoms. The van der Waals surface area contributed by atoms with Gasteiger partial charge in [-0.05, 0) is 109 Å². The van der Waals surface area contributed by atoms with Crippen molar-refractivity contribution in [2.75, 3.05) is 4.90 Å². The third-order valence-electron chi connectivity index (χ3n) is 11.7. The fraction of sp³-hybridized carbons (Fsp3) is 0. The second kappa shape index (κ2) is 15.1. The maximum Gasteiger partial charge on any atom is 0.136 e. The minimum Gasteiger partial charge on any atom is -0.456 e. The number of furan rings is 1. The average Bonchev–Trinajstić information content (AvgIpc) is 3.70. The van der Waals surface area contributed by atoms with E-state index in [1.54, 1.807) is 0 Å². The first kappa shape index (κ1) is 35.2. The molecule has 1 heterocycles. The summed E-state index contributed by atoms with van der Waals surface area (Å²) < 4.78 is 6.40. The molecule has 2 nitrogen and oxygen atoms in total. The number of hydrogen-bond donors (Lipinski definition) is 0. The SMILES string of the molecule is c1ccc(-c2ccc(-c3ccc(N(c4cccc(-c5ccccc5-c5cccc6ccccc56)c4)c4ccccc4-c4ccc5c(c4)oc4ccccc45)cc3)cc2)cc1. The Bertz CT molecular complexity index is 3300. The molecule has 0 unspecified atom stereocenters. The quantitative estimate of drug-likeness (QED) is 0.153. The van der Waals surface area contributed by atoms with Gasteiger partial charge in [0.15, 0.2) is 0 Å². The minimum absolute atomic E-state index is 0.879. The van der Waals surface area contributed by atoms with Crippen LogP contribution in [-0.2, 0) is 0 Å². The molecule has 0 fully saturated rings. The number of anilines is 3. The summed E-state index contributed by atoms with van der Waals surface area (Å²) in [4.78, 5) is 2.39. The van der Waals surface area contributed by atoms with Gasteiger partial charge in [0.1, 0.15) is 11.2 Å². The summed E-state index contributed by atoms with van der Waals surface area (Å²) >= 11 is 0. The van der Waals surface area contributed by atoms with E-state index in [9.17, 15) is 0 Å². The molecule has 11 aromatic rings. The maximum absolute atomic E-state index is 6.40. The summed E-state index contributed by atoms with van der Waals surface area (Å²) in [5.74, 6) is 0. The number of para-hydroxylation sites is 2. The van der Waals surface area contributed by atoms with Crippen molar-refractivity contribution in [2.24, 2.45) is 0 Å². The lowest BCUT2D eigenvalue weighted by molar-refractivity contribution is 0.669. The van der Waals surface area contributed by atoms with Crippen LogP contribution in [0.5, 0.6) is 0 Å². The van der Waals surface area contributed by atoms with E-state index in [0.29, 0.717) is 0 Å². The van der Waals surface area contributed by atoms with Crippen molar-refractivity contribution in [3.8, 4) is 55.6 Å². The first-order valence-corrected chi connectivity index (χ1v) is 20.5. The zero-order valence-electron chi connectivity index (χ0n) is 32.9. The van der Waals surface area contributed by atoms with Crippen LogP contribution in [0.15, 0.2) is 241 Å². The van der Waals surface area contributed by atoms with E-state index in [-0.39, 0.29) is 0 Å². The Balaban J connectivity index is 1.04. The van der Waals surface area contributed by atoms with Gasteiger partial charge < -0.3 is 9.32 Å². The maximum atomic E-state index is 6.40. The van der Waals surface area contributed by atoms with Gasteiger partial charge >= 0.3 is 0 Å². The molecule has 0 spiro atoms.